The molecule has 4 aromatic heterocycles. The van der Waals surface area contributed by atoms with Crippen molar-refractivity contribution < 1.29 is 34.5 Å². The Morgan fingerprint density at radius 2 is 1.38 bits per heavy atom. The fourth-order valence-electron chi connectivity index (χ4n) is 7.26. The Kier molecular flexibility index (Phi) is 9.80. The summed E-state index contributed by atoms with van der Waals surface area (Å²) in [5, 5.41) is 2.14. The third-order valence-corrected chi connectivity index (χ3v) is 10.4. The molecule has 0 saturated heterocycles. The van der Waals surface area contributed by atoms with Gasteiger partial charge in [-0.25, -0.2) is 4.98 Å². The van der Waals surface area contributed by atoms with Crippen LogP contribution in [-0.2, 0) is 43.7 Å². The van der Waals surface area contributed by atoms with Gasteiger partial charge >= 0.3 is 0 Å². The van der Waals surface area contributed by atoms with E-state index in [1.807, 2.05) is 45.7 Å². The molecule has 8 aromatic rings. The van der Waals surface area contributed by atoms with E-state index in [4.69, 9.17) is 18.8 Å². The molecule has 58 heavy (non-hydrogen) atoms. The summed E-state index contributed by atoms with van der Waals surface area (Å²) in [6.45, 7) is 23.1. The summed E-state index contributed by atoms with van der Waals surface area (Å²) >= 11 is 0. The summed E-state index contributed by atoms with van der Waals surface area (Å²) in [5.41, 5.74) is 7.90. The maximum Gasteiger partial charge on any atom is 0.269 e. The molecule has 7 heteroatoms. The van der Waals surface area contributed by atoms with Crippen LogP contribution in [0.5, 0.6) is 11.5 Å². The van der Waals surface area contributed by atoms with Crippen molar-refractivity contribution in [3.05, 3.63) is 144 Å². The number of pyridine rings is 2. The predicted molar refractivity (Wildman–Crippen MR) is 232 cm³/mol. The maximum absolute atomic E-state index is 8.99. The van der Waals surface area contributed by atoms with Crippen LogP contribution in [0.2, 0.25) is 0 Å². The first kappa shape index (κ1) is 37.2. The molecule has 0 aliphatic carbocycles. The van der Waals surface area contributed by atoms with Crippen LogP contribution in [0.3, 0.4) is 0 Å². The van der Waals surface area contributed by atoms with Gasteiger partial charge in [-0.1, -0.05) is 130 Å². The van der Waals surface area contributed by atoms with Gasteiger partial charge in [0.1, 0.15) is 5.82 Å². The molecule has 0 radical (unpaired) electrons. The van der Waals surface area contributed by atoms with Crippen molar-refractivity contribution in [2.45, 2.75) is 98.8 Å². The number of nitrogens with zero attached hydrogens (tertiary/aromatic N) is 5. The van der Waals surface area contributed by atoms with Crippen molar-refractivity contribution in [3.63, 3.8) is 0 Å². The minimum absolute atomic E-state index is 0. The number of benzene rings is 4. The molecule has 0 atom stereocenters. The molecule has 0 saturated carbocycles. The Balaban J connectivity index is 0.00000561. The van der Waals surface area contributed by atoms with Gasteiger partial charge in [-0.2, -0.15) is 18.2 Å². The molecular weight excluding hydrogens is 894 g/mol. The average Bonchev–Trinajstić information content (AvgIpc) is 3.72. The van der Waals surface area contributed by atoms with Gasteiger partial charge in [-0.15, -0.1) is 17.5 Å². The molecule has 0 N–H and O–H groups in total. The Morgan fingerprint density at radius 3 is 2.07 bits per heavy atom. The Labute approximate surface area is 362 Å². The van der Waals surface area contributed by atoms with Crippen molar-refractivity contribution in [2.24, 2.45) is 5.89 Å². The van der Waals surface area contributed by atoms with Crippen LogP contribution >= 0.6 is 0 Å². The van der Waals surface area contributed by atoms with Crippen molar-refractivity contribution in [1.82, 2.24) is 19.1 Å². The van der Waals surface area contributed by atoms with E-state index < -0.39 is 12.3 Å². The fraction of sp³-hybridized carbons (Fsp3) is 0.314. The van der Waals surface area contributed by atoms with E-state index in [-0.39, 0.29) is 37.3 Å². The van der Waals surface area contributed by atoms with Crippen molar-refractivity contribution in [3.8, 4) is 28.8 Å². The Morgan fingerprint density at radius 1 is 0.707 bits per heavy atom. The van der Waals surface area contributed by atoms with Crippen LogP contribution in [0, 0.1) is 24.4 Å². The van der Waals surface area contributed by atoms with Gasteiger partial charge in [-0.05, 0) is 92.7 Å². The third kappa shape index (κ3) is 8.01. The van der Waals surface area contributed by atoms with Gasteiger partial charge in [0, 0.05) is 42.6 Å². The number of ether oxygens (including phenoxy) is 1. The molecule has 0 aliphatic rings. The molecule has 4 heterocycles. The number of rotatable bonds is 7. The number of aromatic nitrogens is 5. The first-order chi connectivity index (χ1) is 28.0. The fourth-order valence-corrected chi connectivity index (χ4v) is 7.26. The molecule has 8 rings (SSSR count). The minimum atomic E-state index is -1.93. The first-order valence-corrected chi connectivity index (χ1v) is 19.7. The molecule has 4 aromatic carbocycles. The minimum Gasteiger partial charge on any atom is -0.522 e. The number of hydrogen-bond donors (Lipinski definition) is 0. The van der Waals surface area contributed by atoms with Gasteiger partial charge in [0.05, 0.1) is 22.5 Å². The van der Waals surface area contributed by atoms with Crippen molar-refractivity contribution >= 4 is 32.8 Å². The summed E-state index contributed by atoms with van der Waals surface area (Å²) in [4.78, 5) is 9.57. The van der Waals surface area contributed by atoms with Crippen molar-refractivity contribution in [1.29, 1.82) is 0 Å². The first-order valence-electron chi connectivity index (χ1n) is 21.2. The van der Waals surface area contributed by atoms with Crippen LogP contribution in [0.25, 0.3) is 50.2 Å². The zero-order valence-corrected chi connectivity index (χ0v) is 37.5. The summed E-state index contributed by atoms with van der Waals surface area (Å²) in [7, 11) is 0. The Bertz CT molecular complexity index is 2910. The van der Waals surface area contributed by atoms with Crippen LogP contribution in [-0.4, -0.2) is 19.1 Å². The quantitative estimate of drug-likeness (QED) is 0.118. The van der Waals surface area contributed by atoms with E-state index in [0.29, 0.717) is 22.9 Å². The zero-order valence-electron chi connectivity index (χ0n) is 38.3. The molecular formula is C51H53N5OPt-2. The largest absolute Gasteiger partial charge is 0.522 e. The summed E-state index contributed by atoms with van der Waals surface area (Å²) in [6.07, 6.45) is 5.19. The summed E-state index contributed by atoms with van der Waals surface area (Å²) < 4.78 is 39.2. The molecule has 0 fully saturated rings. The van der Waals surface area contributed by atoms with E-state index in [1.54, 1.807) is 32.2 Å². The topological polar surface area (TPSA) is 48.8 Å². The SMILES string of the molecule is [2H]C(C)(C)C([2H])([2H])c1ccc2c(c1)[n+](-c1cc(C(C)(C)C)cc(C(C)(C)C)c1)[c-]n2-c1[c-]c(Oc2[c-]c3c(cc2)c2ccccc2n3-c2cc(C(C)(C)C)ccn2)ccn1.[Pt]. The van der Waals surface area contributed by atoms with Gasteiger partial charge < -0.3 is 9.30 Å². The van der Waals surface area contributed by atoms with Gasteiger partial charge in [0.25, 0.3) is 6.33 Å². The van der Waals surface area contributed by atoms with E-state index >= 15 is 0 Å². The molecule has 0 spiro atoms. The van der Waals surface area contributed by atoms with Gasteiger partial charge in [0.2, 0.25) is 0 Å². The Hall–Kier alpha value is -5.06. The molecule has 300 valence electrons. The predicted octanol–water partition coefficient (Wildman–Crippen LogP) is 12.1. The van der Waals surface area contributed by atoms with E-state index in [2.05, 4.69) is 134 Å². The van der Waals surface area contributed by atoms with Crippen LogP contribution < -0.4 is 9.30 Å². The molecule has 6 nitrogen and oxygen atoms in total. The molecule has 0 amide bonds. The van der Waals surface area contributed by atoms with Crippen molar-refractivity contribution in [2.75, 3.05) is 0 Å². The second-order valence-electron chi connectivity index (χ2n) is 18.3. The zero-order chi connectivity index (χ0) is 43.2. The normalized spacial score (nSPS) is 13.7. The maximum atomic E-state index is 8.99. The number of hydrogen-bond acceptors (Lipinski definition) is 3. The number of para-hydroxylation sites is 1. The van der Waals surface area contributed by atoms with Crippen LogP contribution in [0.15, 0.2) is 103 Å². The molecule has 0 unspecified atom stereocenters. The summed E-state index contributed by atoms with van der Waals surface area (Å²) in [5.74, 6) is 0.845. The summed E-state index contributed by atoms with van der Waals surface area (Å²) in [6, 6.07) is 37.4. The standard InChI is InChI=1S/C51H53N5O.Pt/c1-33(2)24-34-16-19-44-46(25-34)54(38-27-36(50(6,7)8)26-37(28-38)51(9,10)11)32-55(44)47-31-40(21-23-52-47)57-39-17-18-42-41-14-12-13-15-43(41)56(45(42)30-39)48-29-35(20-22-53-48)49(3,4)5;/h12-23,25-29,33H,24H2,1-11H3;/q-2;/i24D2,33D;. The second kappa shape index (κ2) is 15.3. The van der Waals surface area contributed by atoms with Gasteiger partial charge in [0.15, 0.2) is 0 Å². The monoisotopic (exact) mass is 949 g/mol. The number of fused-ring (bicyclic) bond motifs is 4. The van der Waals surface area contributed by atoms with E-state index in [1.165, 1.54) is 16.7 Å². The number of imidazole rings is 1. The smallest absolute Gasteiger partial charge is 0.269 e. The third-order valence-electron chi connectivity index (χ3n) is 10.4. The molecule has 0 bridgehead atoms. The van der Waals surface area contributed by atoms with E-state index in [9.17, 15) is 0 Å². The molecule has 0 aliphatic heterocycles. The average molecular weight is 950 g/mol. The van der Waals surface area contributed by atoms with Crippen LogP contribution in [0.1, 0.15) is 103 Å². The van der Waals surface area contributed by atoms with Crippen LogP contribution in [0.4, 0.5) is 0 Å². The second-order valence-corrected chi connectivity index (χ2v) is 18.3. The van der Waals surface area contributed by atoms with E-state index in [0.717, 1.165) is 44.3 Å². The van der Waals surface area contributed by atoms with Gasteiger partial charge in [-0.3, -0.25) is 14.1 Å².